The van der Waals surface area contributed by atoms with E-state index in [-0.39, 0.29) is 5.69 Å². The molecular formula is C10H11Br2NO2. The Labute approximate surface area is 105 Å². The second kappa shape index (κ2) is 6.23. The zero-order chi connectivity index (χ0) is 11.3. The maximum absolute atomic E-state index is 10.5. The van der Waals surface area contributed by atoms with Crippen LogP contribution in [-0.4, -0.2) is 26.2 Å². The van der Waals surface area contributed by atoms with Crippen molar-refractivity contribution >= 4 is 37.8 Å². The van der Waals surface area contributed by atoms with Crippen LogP contribution in [0.15, 0.2) is 18.3 Å². The molecule has 15 heavy (non-hydrogen) atoms. The van der Waals surface area contributed by atoms with Gasteiger partial charge in [0.25, 0.3) is 0 Å². The molecule has 0 bridgehead atoms. The van der Waals surface area contributed by atoms with Gasteiger partial charge in [0.15, 0.2) is 0 Å². The first-order valence-electron chi connectivity index (χ1n) is 4.51. The molecule has 1 N–H and O–H groups in total. The summed E-state index contributed by atoms with van der Waals surface area (Å²) in [6, 6.07) is 3.35. The third-order valence-corrected chi connectivity index (χ3v) is 4.39. The summed E-state index contributed by atoms with van der Waals surface area (Å²) in [5.41, 5.74) is 1.15. The summed E-state index contributed by atoms with van der Waals surface area (Å²) >= 11 is 6.89. The standard InChI is InChI=1S/C10H11Br2NO2/c11-5-8(12)3-1-7-2-4-9(10(14)15)13-6-7/h2,4,6,8H,1,3,5H2,(H,14,15)/t8-/m0/s1. The van der Waals surface area contributed by atoms with Gasteiger partial charge in [0, 0.05) is 16.4 Å². The van der Waals surface area contributed by atoms with Gasteiger partial charge in [-0.25, -0.2) is 9.78 Å². The number of hydrogen-bond acceptors (Lipinski definition) is 2. The van der Waals surface area contributed by atoms with Gasteiger partial charge in [0.2, 0.25) is 0 Å². The fraction of sp³-hybridized carbons (Fsp3) is 0.400. The topological polar surface area (TPSA) is 50.2 Å². The summed E-state index contributed by atoms with van der Waals surface area (Å²) in [6.07, 6.45) is 3.52. The zero-order valence-corrected chi connectivity index (χ0v) is 11.2. The summed E-state index contributed by atoms with van der Waals surface area (Å²) in [4.78, 5) is 14.8. The molecule has 0 saturated heterocycles. The zero-order valence-electron chi connectivity index (χ0n) is 7.99. The molecule has 0 aliphatic rings. The highest BCUT2D eigenvalue weighted by molar-refractivity contribution is 9.12. The molecule has 0 unspecified atom stereocenters. The van der Waals surface area contributed by atoms with Crippen LogP contribution in [0.2, 0.25) is 0 Å². The Morgan fingerprint density at radius 2 is 2.27 bits per heavy atom. The number of hydrogen-bond donors (Lipinski definition) is 1. The van der Waals surface area contributed by atoms with E-state index in [2.05, 4.69) is 36.8 Å². The van der Waals surface area contributed by atoms with E-state index < -0.39 is 5.97 Å². The van der Waals surface area contributed by atoms with Crippen LogP contribution >= 0.6 is 31.9 Å². The quantitative estimate of drug-likeness (QED) is 0.841. The Morgan fingerprint density at radius 3 is 2.73 bits per heavy atom. The van der Waals surface area contributed by atoms with Crippen molar-refractivity contribution < 1.29 is 9.90 Å². The lowest BCUT2D eigenvalue weighted by Crippen LogP contribution is -2.03. The van der Waals surface area contributed by atoms with Gasteiger partial charge < -0.3 is 5.11 Å². The largest absolute Gasteiger partial charge is 0.477 e. The van der Waals surface area contributed by atoms with E-state index in [1.165, 1.54) is 6.07 Å². The number of pyridine rings is 1. The lowest BCUT2D eigenvalue weighted by Gasteiger charge is -2.05. The SMILES string of the molecule is O=C(O)c1ccc(CC[C@H](Br)CBr)cn1. The minimum Gasteiger partial charge on any atom is -0.477 e. The Kier molecular flexibility index (Phi) is 5.25. The van der Waals surface area contributed by atoms with Crippen molar-refractivity contribution in [3.05, 3.63) is 29.6 Å². The molecule has 0 fully saturated rings. The Bertz CT molecular complexity index is 327. The molecule has 0 radical (unpaired) electrons. The summed E-state index contributed by atoms with van der Waals surface area (Å²) < 4.78 is 0. The van der Waals surface area contributed by atoms with Crippen molar-refractivity contribution in [1.82, 2.24) is 4.98 Å². The van der Waals surface area contributed by atoms with Gasteiger partial charge in [-0.2, -0.15) is 0 Å². The van der Waals surface area contributed by atoms with E-state index in [0.29, 0.717) is 4.83 Å². The van der Waals surface area contributed by atoms with Crippen molar-refractivity contribution in [2.45, 2.75) is 17.7 Å². The van der Waals surface area contributed by atoms with Crippen LogP contribution in [0.1, 0.15) is 22.5 Å². The molecule has 0 saturated carbocycles. The molecule has 0 amide bonds. The van der Waals surface area contributed by atoms with Crippen LogP contribution in [0.4, 0.5) is 0 Å². The normalized spacial score (nSPS) is 12.4. The Hall–Kier alpha value is -0.420. The fourth-order valence-corrected chi connectivity index (χ4v) is 1.65. The number of rotatable bonds is 5. The van der Waals surface area contributed by atoms with Crippen LogP contribution in [0.25, 0.3) is 0 Å². The van der Waals surface area contributed by atoms with E-state index >= 15 is 0 Å². The minimum absolute atomic E-state index is 0.0923. The van der Waals surface area contributed by atoms with Gasteiger partial charge in [-0.05, 0) is 24.5 Å². The summed E-state index contributed by atoms with van der Waals surface area (Å²) in [7, 11) is 0. The number of carbonyl (C=O) groups is 1. The number of carboxylic acids is 1. The van der Waals surface area contributed by atoms with Gasteiger partial charge in [0.1, 0.15) is 5.69 Å². The van der Waals surface area contributed by atoms with Crippen molar-refractivity contribution in [3.8, 4) is 0 Å². The second-order valence-corrected chi connectivity index (χ2v) is 5.09. The highest BCUT2D eigenvalue weighted by Crippen LogP contribution is 2.12. The Balaban J connectivity index is 2.53. The predicted molar refractivity (Wildman–Crippen MR) is 66.0 cm³/mol. The van der Waals surface area contributed by atoms with Crippen LogP contribution in [0, 0.1) is 0 Å². The molecule has 1 rings (SSSR count). The highest BCUT2D eigenvalue weighted by Gasteiger charge is 2.05. The lowest BCUT2D eigenvalue weighted by atomic mass is 10.1. The van der Waals surface area contributed by atoms with Crippen molar-refractivity contribution in [1.29, 1.82) is 0 Å². The van der Waals surface area contributed by atoms with E-state index in [1.807, 2.05) is 6.07 Å². The molecule has 1 aromatic heterocycles. The summed E-state index contributed by atoms with van der Waals surface area (Å²) in [6.45, 7) is 0. The summed E-state index contributed by atoms with van der Waals surface area (Å²) in [5, 5.41) is 9.57. The molecule has 1 heterocycles. The predicted octanol–water partition coefficient (Wildman–Crippen LogP) is 2.87. The van der Waals surface area contributed by atoms with Crippen molar-refractivity contribution in [2.75, 3.05) is 5.33 Å². The number of aryl methyl sites for hydroxylation is 1. The van der Waals surface area contributed by atoms with E-state index in [9.17, 15) is 4.79 Å². The first kappa shape index (κ1) is 12.6. The van der Waals surface area contributed by atoms with Crippen molar-refractivity contribution in [3.63, 3.8) is 0 Å². The average molecular weight is 337 g/mol. The number of nitrogens with zero attached hydrogens (tertiary/aromatic N) is 1. The smallest absolute Gasteiger partial charge is 0.354 e. The molecule has 0 aromatic carbocycles. The molecule has 3 nitrogen and oxygen atoms in total. The molecule has 0 aliphatic heterocycles. The van der Waals surface area contributed by atoms with Gasteiger partial charge in [0.05, 0.1) is 0 Å². The number of aromatic carboxylic acids is 1. The molecule has 1 aromatic rings. The maximum Gasteiger partial charge on any atom is 0.354 e. The number of carboxylic acid groups (broad SMARTS) is 1. The third kappa shape index (κ3) is 4.30. The van der Waals surface area contributed by atoms with Crippen LogP contribution in [-0.2, 0) is 6.42 Å². The van der Waals surface area contributed by atoms with E-state index in [0.717, 1.165) is 23.7 Å². The minimum atomic E-state index is -0.986. The third-order valence-electron chi connectivity index (χ3n) is 1.96. The number of aromatic nitrogens is 1. The van der Waals surface area contributed by atoms with Gasteiger partial charge in [-0.1, -0.05) is 37.9 Å². The average Bonchev–Trinajstić information content (AvgIpc) is 2.26. The molecule has 82 valence electrons. The molecule has 1 atom stereocenters. The van der Waals surface area contributed by atoms with Crippen molar-refractivity contribution in [2.24, 2.45) is 0 Å². The monoisotopic (exact) mass is 335 g/mol. The fourth-order valence-electron chi connectivity index (χ4n) is 1.10. The first-order valence-corrected chi connectivity index (χ1v) is 6.55. The Morgan fingerprint density at radius 1 is 1.53 bits per heavy atom. The van der Waals surface area contributed by atoms with Crippen LogP contribution in [0.5, 0.6) is 0 Å². The molecular weight excluding hydrogens is 326 g/mol. The van der Waals surface area contributed by atoms with Gasteiger partial charge >= 0.3 is 5.97 Å². The molecule has 0 spiro atoms. The van der Waals surface area contributed by atoms with E-state index in [4.69, 9.17) is 5.11 Å². The highest BCUT2D eigenvalue weighted by atomic mass is 79.9. The number of alkyl halides is 2. The number of halogens is 2. The second-order valence-electron chi connectivity index (χ2n) is 3.15. The van der Waals surface area contributed by atoms with E-state index in [1.54, 1.807) is 6.20 Å². The van der Waals surface area contributed by atoms with Crippen LogP contribution in [0.3, 0.4) is 0 Å². The lowest BCUT2D eigenvalue weighted by molar-refractivity contribution is 0.0690. The molecule has 5 heteroatoms. The van der Waals surface area contributed by atoms with Crippen LogP contribution < -0.4 is 0 Å². The van der Waals surface area contributed by atoms with Gasteiger partial charge in [-0.3, -0.25) is 0 Å². The summed E-state index contributed by atoms with van der Waals surface area (Å²) in [5.74, 6) is -0.986. The first-order chi connectivity index (χ1) is 7.13. The van der Waals surface area contributed by atoms with Gasteiger partial charge in [-0.15, -0.1) is 0 Å². The maximum atomic E-state index is 10.5. The molecule has 0 aliphatic carbocycles.